The van der Waals surface area contributed by atoms with E-state index in [1.807, 2.05) is 0 Å². The van der Waals surface area contributed by atoms with Gasteiger partial charge in [0, 0.05) is 20.0 Å². The average Bonchev–Trinajstić information content (AvgIpc) is 2.52. The summed E-state index contributed by atoms with van der Waals surface area (Å²) in [5.74, 6) is -0.00976. The number of likely N-dealkylation sites (N-methyl/N-ethyl adjacent to an activating group) is 1. The normalized spacial score (nSPS) is 31.6. The zero-order valence-electron chi connectivity index (χ0n) is 12.2. The van der Waals surface area contributed by atoms with Gasteiger partial charge in [-0.25, -0.2) is 4.79 Å². The van der Waals surface area contributed by atoms with Crippen LogP contribution in [0.5, 0.6) is 0 Å². The molecule has 1 saturated heterocycles. The van der Waals surface area contributed by atoms with Crippen molar-refractivity contribution in [1.29, 1.82) is 0 Å². The van der Waals surface area contributed by atoms with Crippen LogP contribution in [0.25, 0.3) is 0 Å². The lowest BCUT2D eigenvalue weighted by Gasteiger charge is -2.45. The quantitative estimate of drug-likeness (QED) is 0.311. The van der Waals surface area contributed by atoms with Crippen molar-refractivity contribution in [2.24, 2.45) is 5.29 Å². The number of alkyl halides is 1. The third-order valence-electron chi connectivity index (χ3n) is 3.45. The first-order chi connectivity index (χ1) is 10.4. The van der Waals surface area contributed by atoms with E-state index in [2.05, 4.69) is 5.29 Å². The van der Waals surface area contributed by atoms with Crippen molar-refractivity contribution >= 4 is 17.6 Å². The largest absolute Gasteiger partial charge is 0.394 e. The molecule has 0 spiro atoms. The third-order valence-corrected chi connectivity index (χ3v) is 3.61. The summed E-state index contributed by atoms with van der Waals surface area (Å²) >= 11 is 5.48. The van der Waals surface area contributed by atoms with Crippen molar-refractivity contribution in [2.75, 3.05) is 33.2 Å². The lowest BCUT2D eigenvalue weighted by molar-refractivity contribution is -0.279. The summed E-state index contributed by atoms with van der Waals surface area (Å²) in [6, 6.07) is -2.02. The maximum absolute atomic E-state index is 12.2. The van der Waals surface area contributed by atoms with Gasteiger partial charge in [-0.15, -0.1) is 16.5 Å². The summed E-state index contributed by atoms with van der Waals surface area (Å²) in [6.07, 6.45) is -4.98. The van der Waals surface area contributed by atoms with Gasteiger partial charge >= 0.3 is 6.03 Å². The summed E-state index contributed by atoms with van der Waals surface area (Å²) in [6.45, 7) is -0.662. The highest BCUT2D eigenvalue weighted by Gasteiger charge is 2.48. The molecule has 10 nitrogen and oxygen atoms in total. The SMILES string of the molecule is CO[C@H]1O[C@H](CO)[C@@H](O)[C@@H](N(C)C(=O)N(CCCl)N=O)[C@H]1O. The van der Waals surface area contributed by atoms with E-state index in [0.717, 1.165) is 4.90 Å². The summed E-state index contributed by atoms with van der Waals surface area (Å²) < 4.78 is 10.1. The van der Waals surface area contributed by atoms with Gasteiger partial charge in [-0.05, 0) is 0 Å². The number of urea groups is 1. The molecule has 0 unspecified atom stereocenters. The molecular weight excluding hydrogens is 322 g/mol. The van der Waals surface area contributed by atoms with Crippen LogP contribution in [0.15, 0.2) is 5.29 Å². The van der Waals surface area contributed by atoms with Crippen molar-refractivity contribution < 1.29 is 29.6 Å². The van der Waals surface area contributed by atoms with Gasteiger partial charge in [-0.3, -0.25) is 0 Å². The molecule has 1 heterocycles. The number of aliphatic hydroxyl groups excluding tert-OH is 3. The lowest BCUT2D eigenvalue weighted by atomic mass is 9.95. The molecule has 0 aliphatic carbocycles. The second-order valence-electron chi connectivity index (χ2n) is 4.72. The van der Waals surface area contributed by atoms with E-state index in [9.17, 15) is 25.0 Å². The summed E-state index contributed by atoms with van der Waals surface area (Å²) in [5.41, 5.74) is 0. The van der Waals surface area contributed by atoms with Crippen molar-refractivity contribution in [3.63, 3.8) is 0 Å². The Kier molecular flexibility index (Phi) is 7.39. The van der Waals surface area contributed by atoms with Crippen LogP contribution in [0.3, 0.4) is 0 Å². The van der Waals surface area contributed by atoms with Crippen molar-refractivity contribution in [3.05, 3.63) is 4.91 Å². The highest BCUT2D eigenvalue weighted by molar-refractivity contribution is 6.18. The van der Waals surface area contributed by atoms with Crippen molar-refractivity contribution in [2.45, 2.75) is 30.6 Å². The van der Waals surface area contributed by atoms with Crippen LogP contribution >= 0.6 is 11.6 Å². The molecule has 0 aromatic rings. The van der Waals surface area contributed by atoms with Gasteiger partial charge in [0.1, 0.15) is 18.3 Å². The van der Waals surface area contributed by atoms with E-state index in [4.69, 9.17) is 21.1 Å². The highest BCUT2D eigenvalue weighted by atomic mass is 35.5. The van der Waals surface area contributed by atoms with Crippen LogP contribution in [0.2, 0.25) is 0 Å². The Morgan fingerprint density at radius 1 is 1.41 bits per heavy atom. The number of carbonyl (C=O) groups is 1. The maximum atomic E-state index is 12.2. The number of ether oxygens (including phenoxy) is 2. The van der Waals surface area contributed by atoms with Crippen molar-refractivity contribution in [3.8, 4) is 0 Å². The van der Waals surface area contributed by atoms with E-state index in [-0.39, 0.29) is 12.4 Å². The second kappa shape index (κ2) is 8.56. The Labute approximate surface area is 132 Å². The molecule has 0 bridgehead atoms. The molecule has 11 heteroatoms. The Balaban J connectivity index is 2.97. The molecule has 0 radical (unpaired) electrons. The molecule has 0 saturated carbocycles. The highest BCUT2D eigenvalue weighted by Crippen LogP contribution is 2.25. The van der Waals surface area contributed by atoms with Gasteiger partial charge in [-0.1, -0.05) is 0 Å². The number of carbonyl (C=O) groups excluding carboxylic acids is 1. The molecule has 5 atom stereocenters. The molecule has 0 aromatic heterocycles. The lowest BCUT2D eigenvalue weighted by Crippen LogP contribution is -2.66. The molecule has 1 aliphatic rings. The van der Waals surface area contributed by atoms with Crippen LogP contribution < -0.4 is 0 Å². The van der Waals surface area contributed by atoms with E-state index in [0.29, 0.717) is 5.01 Å². The van der Waals surface area contributed by atoms with Gasteiger partial charge in [0.2, 0.25) is 0 Å². The first-order valence-electron chi connectivity index (χ1n) is 6.51. The number of methoxy groups -OCH3 is 1. The first kappa shape index (κ1) is 19.0. The zero-order valence-corrected chi connectivity index (χ0v) is 13.0. The number of aliphatic hydroxyl groups is 3. The van der Waals surface area contributed by atoms with E-state index in [1.165, 1.54) is 14.2 Å². The molecular formula is C11H20ClN3O7. The van der Waals surface area contributed by atoms with Crippen LogP contribution in [-0.4, -0.2) is 95.1 Å². The fourth-order valence-electron chi connectivity index (χ4n) is 2.28. The van der Waals surface area contributed by atoms with Gasteiger partial charge in [-0.2, -0.15) is 5.01 Å². The van der Waals surface area contributed by atoms with Crippen molar-refractivity contribution in [1.82, 2.24) is 9.91 Å². The Morgan fingerprint density at radius 3 is 2.50 bits per heavy atom. The third kappa shape index (κ3) is 3.83. The van der Waals surface area contributed by atoms with Crippen LogP contribution in [-0.2, 0) is 9.47 Å². The van der Waals surface area contributed by atoms with Gasteiger partial charge < -0.3 is 29.7 Å². The number of nitroso groups, excluding NO2 is 1. The van der Waals surface area contributed by atoms with Crippen LogP contribution in [0, 0.1) is 4.91 Å². The van der Waals surface area contributed by atoms with Gasteiger partial charge in [0.05, 0.1) is 24.5 Å². The first-order valence-corrected chi connectivity index (χ1v) is 7.05. The van der Waals surface area contributed by atoms with Crippen LogP contribution in [0.1, 0.15) is 0 Å². The van der Waals surface area contributed by atoms with Crippen LogP contribution in [0.4, 0.5) is 4.79 Å². The van der Waals surface area contributed by atoms with Gasteiger partial charge in [0.15, 0.2) is 6.29 Å². The Bertz CT molecular complexity index is 373. The number of hydrogen-bond acceptors (Lipinski definition) is 8. The molecule has 0 aromatic carbocycles. The zero-order chi connectivity index (χ0) is 16.9. The number of halogens is 1. The number of rotatable bonds is 6. The minimum Gasteiger partial charge on any atom is -0.394 e. The molecule has 1 rings (SSSR count). The minimum atomic E-state index is -1.39. The molecule has 1 fully saturated rings. The average molecular weight is 342 g/mol. The standard InChI is InChI=1S/C11H20ClN3O7/c1-14(11(19)15(13-20)4-3-12)7-8(17)6(5-16)22-10(21-2)9(7)18/h6-10,16-18H,3-5H2,1-2H3/t6-,7-,8-,9-,10+/m1/s1. The number of amides is 2. The predicted molar refractivity (Wildman–Crippen MR) is 74.9 cm³/mol. The predicted octanol–water partition coefficient (Wildman–Crippen LogP) is -1.29. The minimum absolute atomic E-state index is 0.00976. The fourth-order valence-corrected chi connectivity index (χ4v) is 2.44. The smallest absolute Gasteiger partial charge is 0.343 e. The van der Waals surface area contributed by atoms with E-state index >= 15 is 0 Å². The molecule has 3 N–H and O–H groups in total. The Morgan fingerprint density at radius 2 is 2.05 bits per heavy atom. The van der Waals surface area contributed by atoms with E-state index in [1.54, 1.807) is 0 Å². The summed E-state index contributed by atoms with van der Waals surface area (Å²) in [5, 5.41) is 32.7. The second-order valence-corrected chi connectivity index (χ2v) is 5.10. The molecule has 2 amide bonds. The molecule has 128 valence electrons. The Hall–Kier alpha value is -1.04. The monoisotopic (exact) mass is 341 g/mol. The maximum Gasteiger partial charge on any atom is 0.343 e. The summed E-state index contributed by atoms with van der Waals surface area (Å²) in [4.78, 5) is 23.8. The van der Waals surface area contributed by atoms with Gasteiger partial charge in [0.25, 0.3) is 0 Å². The number of nitrogens with zero attached hydrogens (tertiary/aromatic N) is 3. The number of hydrogen-bond donors (Lipinski definition) is 3. The van der Waals surface area contributed by atoms with E-state index < -0.39 is 43.3 Å². The topological polar surface area (TPSA) is 132 Å². The molecule has 22 heavy (non-hydrogen) atoms. The molecule has 1 aliphatic heterocycles. The fraction of sp³-hybridized carbons (Fsp3) is 0.909. The summed E-state index contributed by atoms with van der Waals surface area (Å²) in [7, 11) is 2.55.